The summed E-state index contributed by atoms with van der Waals surface area (Å²) in [7, 11) is 0. The van der Waals surface area contributed by atoms with E-state index in [9.17, 15) is 10.1 Å². The van der Waals surface area contributed by atoms with Crippen LogP contribution in [0.1, 0.15) is 0 Å². The maximum Gasteiger partial charge on any atom is 0.295 e. The minimum atomic E-state index is -0.501. The summed E-state index contributed by atoms with van der Waals surface area (Å²) in [6, 6.07) is 4.77. The van der Waals surface area contributed by atoms with Crippen LogP contribution in [0.15, 0.2) is 30.6 Å². The van der Waals surface area contributed by atoms with Gasteiger partial charge in [-0.15, -0.1) is 0 Å². The molecule has 0 fully saturated rings. The van der Waals surface area contributed by atoms with Crippen LogP contribution in [-0.2, 0) is 0 Å². The summed E-state index contributed by atoms with van der Waals surface area (Å²) in [5.74, 6) is 0. The van der Waals surface area contributed by atoms with Crippen molar-refractivity contribution in [2.24, 2.45) is 0 Å². The molecule has 0 spiro atoms. The molecule has 0 aliphatic carbocycles. The molecule has 1 aromatic carbocycles. The number of nitrogens with zero attached hydrogens (tertiary/aromatic N) is 1. The fraction of sp³-hybridized carbons (Fsp3) is 0. The van der Waals surface area contributed by atoms with Gasteiger partial charge in [-0.1, -0.05) is 17.7 Å². The molecule has 4 nitrogen and oxygen atoms in total. The Kier molecular flexibility index (Phi) is 2.85. The number of nitrogens with one attached hydrogen (secondary N) is 1. The van der Waals surface area contributed by atoms with E-state index in [1.807, 2.05) is 0 Å². The van der Waals surface area contributed by atoms with Crippen LogP contribution >= 0.6 is 11.6 Å². The van der Waals surface area contributed by atoms with Gasteiger partial charge in [0.1, 0.15) is 5.02 Å². The average Bonchev–Trinajstić information content (AvgIpc) is 2.63. The normalized spacial score (nSPS) is 10.4. The first-order valence-corrected chi connectivity index (χ1v) is 5.17. The number of aromatic nitrogens is 1. The number of aromatic amines is 1. The van der Waals surface area contributed by atoms with Crippen molar-refractivity contribution in [1.82, 2.24) is 4.98 Å². The highest BCUT2D eigenvalue weighted by Gasteiger charge is 2.23. The first-order chi connectivity index (χ1) is 7.61. The molecule has 2 rings (SSSR count). The van der Waals surface area contributed by atoms with Gasteiger partial charge in [-0.25, -0.2) is 0 Å². The first kappa shape index (κ1) is 11.0. The Bertz CT molecular complexity index is 552. The number of halogens is 2. The minimum absolute atomic E-state index is 0.109. The van der Waals surface area contributed by atoms with E-state index in [0.717, 1.165) is 0 Å². The predicted molar refractivity (Wildman–Crippen MR) is 58.4 cm³/mol. The third kappa shape index (κ3) is 1.77. The van der Waals surface area contributed by atoms with Crippen molar-refractivity contribution in [1.29, 1.82) is 0 Å². The quantitative estimate of drug-likeness (QED) is 0.665. The molecular weight excluding hydrogens is 251 g/mol. The van der Waals surface area contributed by atoms with E-state index in [-0.39, 0.29) is 10.7 Å². The van der Waals surface area contributed by atoms with Gasteiger partial charge < -0.3 is 4.98 Å². The van der Waals surface area contributed by atoms with Gasteiger partial charge in [-0.3, -0.25) is 10.1 Å². The molecule has 0 bridgehead atoms. The smallest absolute Gasteiger partial charge is 0.295 e. The predicted octanol–water partition coefficient (Wildman–Crippen LogP) is 2.94. The topological polar surface area (TPSA) is 58.9 Å². The maximum absolute atomic E-state index is 10.9. The molecule has 16 heavy (non-hydrogen) atoms. The van der Waals surface area contributed by atoms with Crippen LogP contribution in [0.25, 0.3) is 11.1 Å². The number of para-hydroxylation sites is 1. The molecule has 0 radical (unpaired) electrons. The molecule has 1 N–H and O–H groups in total. The summed E-state index contributed by atoms with van der Waals surface area (Å²) in [5.41, 5.74) is 0.933. The van der Waals surface area contributed by atoms with Crippen molar-refractivity contribution in [3.63, 3.8) is 0 Å². The van der Waals surface area contributed by atoms with Crippen molar-refractivity contribution < 1.29 is 16.5 Å². The van der Waals surface area contributed by atoms with E-state index in [1.54, 1.807) is 24.5 Å². The van der Waals surface area contributed by atoms with Crippen molar-refractivity contribution in [2.45, 2.75) is 0 Å². The van der Waals surface area contributed by atoms with Crippen molar-refractivity contribution in [2.75, 3.05) is 0 Å². The Morgan fingerprint density at radius 1 is 1.31 bits per heavy atom. The summed E-state index contributed by atoms with van der Waals surface area (Å²) in [6.45, 7) is 0. The van der Waals surface area contributed by atoms with Gasteiger partial charge in [-0.05, 0) is 12.1 Å². The molecule has 0 saturated heterocycles. The Labute approximate surface area is 101 Å². The number of H-pyrrole nitrogens is 1. The largest absolute Gasteiger partial charge is 0.362 e. The highest BCUT2D eigenvalue weighted by molar-refractivity contribution is 6.33. The maximum atomic E-state index is 10.9. The second-order valence-corrected chi connectivity index (χ2v) is 3.97. The van der Waals surface area contributed by atoms with Crippen LogP contribution in [0.4, 0.5) is 5.69 Å². The van der Waals surface area contributed by atoms with E-state index in [1.165, 1.54) is 6.07 Å². The van der Waals surface area contributed by atoms with Gasteiger partial charge >= 0.3 is 0 Å². The molecule has 0 aliphatic rings. The van der Waals surface area contributed by atoms with Crippen LogP contribution in [0.3, 0.4) is 0 Å². The molecule has 0 atom stereocenters. The van der Waals surface area contributed by atoms with Crippen LogP contribution < -0.4 is 0 Å². The third-order valence-electron chi connectivity index (χ3n) is 2.17. The van der Waals surface area contributed by atoms with Crippen LogP contribution in [0, 0.1) is 21.7 Å². The number of rotatable bonds is 2. The molecule has 2 aromatic rings. The lowest BCUT2D eigenvalue weighted by Gasteiger charge is -2.00. The summed E-state index contributed by atoms with van der Waals surface area (Å²) < 4.78 is 0. The van der Waals surface area contributed by atoms with Crippen molar-refractivity contribution in [3.05, 3.63) is 50.8 Å². The Balaban J connectivity index is 2.70. The summed E-state index contributed by atoms with van der Waals surface area (Å²) in [5, 5.41) is 11.6. The lowest BCUT2D eigenvalue weighted by molar-refractivity contribution is -0.384. The number of benzene rings is 1. The molecule has 82 valence electrons. The standard InChI is InChI=1S/C10H7Cl2N2O2/c11-8-3-1-2-6(10(8)14(15)16)7-4-13-5-9(7)12/h1-5,12-13H/q+1. The number of hydrogen-bond acceptors (Lipinski definition) is 2. The fourth-order valence-corrected chi connectivity index (χ4v) is 1.96. The molecule has 6 heteroatoms. The van der Waals surface area contributed by atoms with E-state index >= 15 is 0 Å². The second-order valence-electron chi connectivity index (χ2n) is 3.13. The zero-order valence-electron chi connectivity index (χ0n) is 7.94. The molecule has 0 amide bonds. The third-order valence-corrected chi connectivity index (χ3v) is 2.81. The summed E-state index contributed by atoms with van der Waals surface area (Å²) in [6.07, 6.45) is 3.23. The van der Waals surface area contributed by atoms with Gasteiger partial charge in [0, 0.05) is 6.20 Å². The Hall–Kier alpha value is -1.52. The molecule has 0 aliphatic heterocycles. The Morgan fingerprint density at radius 3 is 2.62 bits per heavy atom. The van der Waals surface area contributed by atoms with Crippen LogP contribution in [0.5, 0.6) is 0 Å². The molecule has 1 heterocycles. The monoisotopic (exact) mass is 257 g/mol. The molecular formula is C10H7Cl2N2O2+. The van der Waals surface area contributed by atoms with E-state index in [0.29, 0.717) is 16.1 Å². The summed E-state index contributed by atoms with van der Waals surface area (Å²) in [4.78, 5) is 13.2. The van der Waals surface area contributed by atoms with Crippen LogP contribution in [0.2, 0.25) is 10.0 Å². The number of nitro benzene ring substituents is 1. The summed E-state index contributed by atoms with van der Waals surface area (Å²) >= 11 is 10.9. The van der Waals surface area contributed by atoms with Gasteiger partial charge in [0.2, 0.25) is 0 Å². The fourth-order valence-electron chi connectivity index (χ4n) is 1.48. The molecule has 0 unspecified atom stereocenters. The molecule has 1 aromatic heterocycles. The molecule has 0 saturated carbocycles. The van der Waals surface area contributed by atoms with E-state index in [2.05, 4.69) is 4.98 Å². The first-order valence-electron chi connectivity index (χ1n) is 4.38. The van der Waals surface area contributed by atoms with Crippen molar-refractivity contribution >= 4 is 17.3 Å². The number of nitro groups is 1. The average molecular weight is 258 g/mol. The van der Waals surface area contributed by atoms with E-state index < -0.39 is 4.92 Å². The van der Waals surface area contributed by atoms with Gasteiger partial charge in [0.05, 0.1) is 22.2 Å². The zero-order chi connectivity index (χ0) is 11.7. The van der Waals surface area contributed by atoms with Gasteiger partial charge in [0.15, 0.2) is 11.6 Å². The lowest BCUT2D eigenvalue weighted by atomic mass is 10.1. The van der Waals surface area contributed by atoms with Crippen LogP contribution in [-0.4, -0.2) is 9.91 Å². The number of hydrogen-bond donors (Lipinski definition) is 1. The van der Waals surface area contributed by atoms with Gasteiger partial charge in [-0.2, -0.15) is 0 Å². The zero-order valence-corrected chi connectivity index (χ0v) is 9.51. The highest BCUT2D eigenvalue weighted by Crippen LogP contribution is 2.37. The second kappa shape index (κ2) is 4.15. The highest BCUT2D eigenvalue weighted by atomic mass is 35.5. The SMILES string of the molecule is O=[N+]([O-])c1c(Cl)cccc1-c1c[nH]cc1[ClH+]. The minimum Gasteiger partial charge on any atom is -0.362 e. The van der Waals surface area contributed by atoms with E-state index in [4.69, 9.17) is 23.2 Å². The van der Waals surface area contributed by atoms with Crippen molar-refractivity contribution in [3.8, 4) is 11.1 Å². The lowest BCUT2D eigenvalue weighted by Crippen LogP contribution is -1.92. The van der Waals surface area contributed by atoms with Gasteiger partial charge in [0.25, 0.3) is 10.7 Å². The Morgan fingerprint density at radius 2 is 2.06 bits per heavy atom.